The molecule has 2 N–H and O–H groups in total. The Kier molecular flexibility index (Phi) is 3.30. The van der Waals surface area contributed by atoms with Crippen LogP contribution in [0, 0.1) is 0 Å². The summed E-state index contributed by atoms with van der Waals surface area (Å²) in [7, 11) is 3.57. The van der Waals surface area contributed by atoms with Gasteiger partial charge in [-0.05, 0) is 26.3 Å². The molecule has 3 nitrogen and oxygen atoms in total. The van der Waals surface area contributed by atoms with E-state index in [0.29, 0.717) is 0 Å². The van der Waals surface area contributed by atoms with Crippen LogP contribution in [0.2, 0.25) is 0 Å². The van der Waals surface area contributed by atoms with Crippen molar-refractivity contribution in [1.29, 1.82) is 0 Å². The molecule has 11 heavy (non-hydrogen) atoms. The average molecular weight is 159 g/mol. The Bertz CT molecular complexity index is 119. The summed E-state index contributed by atoms with van der Waals surface area (Å²) in [6.07, 6.45) is 2.96. The Hall–Kier alpha value is -0.120. The van der Waals surface area contributed by atoms with Gasteiger partial charge in [-0.15, -0.1) is 0 Å². The Balaban J connectivity index is 2.48. The molecule has 0 aliphatic heterocycles. The van der Waals surface area contributed by atoms with Crippen molar-refractivity contribution in [3.05, 3.63) is 0 Å². The predicted molar refractivity (Wildman–Crippen MR) is 43.5 cm³/mol. The summed E-state index contributed by atoms with van der Waals surface area (Å²) in [5.74, 6) is 0. The zero-order valence-corrected chi connectivity index (χ0v) is 7.21. The molecule has 0 aromatic heterocycles. The maximum Gasteiger partial charge on any atom is 0.0749 e. The Morgan fingerprint density at radius 1 is 1.45 bits per heavy atom. The van der Waals surface area contributed by atoms with E-state index < -0.39 is 0 Å². The average Bonchev–Trinajstić information content (AvgIpc) is 2.04. The molecule has 66 valence electrons. The van der Waals surface area contributed by atoms with Crippen LogP contribution in [0.3, 0.4) is 0 Å². The van der Waals surface area contributed by atoms with Crippen molar-refractivity contribution in [2.75, 3.05) is 14.2 Å². The van der Waals surface area contributed by atoms with Crippen molar-refractivity contribution in [1.82, 2.24) is 5.32 Å². The Labute approximate surface area is 67.7 Å². The minimum absolute atomic E-state index is 0.119. The van der Waals surface area contributed by atoms with Crippen LogP contribution in [-0.2, 0) is 4.74 Å². The second kappa shape index (κ2) is 4.04. The van der Waals surface area contributed by atoms with Crippen molar-refractivity contribution in [3.63, 3.8) is 0 Å². The molecule has 0 saturated heterocycles. The Morgan fingerprint density at radius 3 is 2.64 bits per heavy atom. The lowest BCUT2D eigenvalue weighted by atomic mass is 9.90. The second-order valence-electron chi connectivity index (χ2n) is 3.09. The highest BCUT2D eigenvalue weighted by Gasteiger charge is 2.30. The number of nitrogens with one attached hydrogen (secondary N) is 1. The third kappa shape index (κ3) is 1.92. The molecule has 0 amide bonds. The van der Waals surface area contributed by atoms with Crippen LogP contribution in [0.15, 0.2) is 0 Å². The fraction of sp³-hybridized carbons (Fsp3) is 1.00. The monoisotopic (exact) mass is 159 g/mol. The summed E-state index contributed by atoms with van der Waals surface area (Å²) >= 11 is 0. The molecule has 3 atom stereocenters. The summed E-state index contributed by atoms with van der Waals surface area (Å²) in [6, 6.07) is 0.119. The third-order valence-electron chi connectivity index (χ3n) is 2.44. The molecule has 3 heteroatoms. The lowest BCUT2D eigenvalue weighted by molar-refractivity contribution is -0.0198. The zero-order valence-electron chi connectivity index (χ0n) is 7.21. The number of aliphatic hydroxyl groups is 1. The first-order valence-corrected chi connectivity index (χ1v) is 4.17. The van der Waals surface area contributed by atoms with E-state index in [-0.39, 0.29) is 18.2 Å². The van der Waals surface area contributed by atoms with Crippen molar-refractivity contribution in [3.8, 4) is 0 Å². The van der Waals surface area contributed by atoms with Crippen LogP contribution in [0.5, 0.6) is 0 Å². The molecule has 0 aromatic carbocycles. The topological polar surface area (TPSA) is 41.5 Å². The van der Waals surface area contributed by atoms with Crippen LogP contribution in [0.25, 0.3) is 0 Å². The van der Waals surface area contributed by atoms with Gasteiger partial charge in [0, 0.05) is 7.11 Å². The minimum atomic E-state index is -0.237. The van der Waals surface area contributed by atoms with Gasteiger partial charge in [-0.25, -0.2) is 0 Å². The summed E-state index contributed by atoms with van der Waals surface area (Å²) in [5.41, 5.74) is 0. The van der Waals surface area contributed by atoms with Crippen LogP contribution < -0.4 is 5.32 Å². The highest BCUT2D eigenvalue weighted by Crippen LogP contribution is 2.20. The van der Waals surface area contributed by atoms with E-state index in [1.165, 1.54) is 0 Å². The van der Waals surface area contributed by atoms with E-state index in [9.17, 15) is 5.11 Å². The largest absolute Gasteiger partial charge is 0.391 e. The molecule has 3 unspecified atom stereocenters. The predicted octanol–water partition coefficient (Wildman–Crippen LogP) is 0.134. The highest BCUT2D eigenvalue weighted by molar-refractivity contribution is 4.87. The van der Waals surface area contributed by atoms with E-state index in [1.54, 1.807) is 7.11 Å². The summed E-state index contributed by atoms with van der Waals surface area (Å²) in [4.78, 5) is 0. The quantitative estimate of drug-likeness (QED) is 0.602. The van der Waals surface area contributed by atoms with Crippen LogP contribution in [-0.4, -0.2) is 37.5 Å². The normalized spacial score (nSPS) is 39.0. The molecule has 1 fully saturated rings. The molecule has 0 bridgehead atoms. The summed E-state index contributed by atoms with van der Waals surface area (Å²) < 4.78 is 5.24. The molecule has 1 aliphatic carbocycles. The van der Waals surface area contributed by atoms with Gasteiger partial charge in [0.2, 0.25) is 0 Å². The van der Waals surface area contributed by atoms with E-state index in [1.807, 2.05) is 7.05 Å². The fourth-order valence-electron chi connectivity index (χ4n) is 1.78. The first-order chi connectivity index (χ1) is 5.29. The molecular formula is C8H17NO2. The van der Waals surface area contributed by atoms with Gasteiger partial charge in [0.1, 0.15) is 0 Å². The molecule has 1 aliphatic rings. The van der Waals surface area contributed by atoms with Gasteiger partial charge in [-0.2, -0.15) is 0 Å². The molecule has 1 saturated carbocycles. The van der Waals surface area contributed by atoms with Crippen molar-refractivity contribution < 1.29 is 9.84 Å². The molecule has 0 aromatic rings. The maximum atomic E-state index is 9.53. The van der Waals surface area contributed by atoms with Gasteiger partial charge in [0.15, 0.2) is 0 Å². The molecular weight excluding hydrogens is 142 g/mol. The summed E-state index contributed by atoms with van der Waals surface area (Å²) in [5, 5.41) is 12.6. The van der Waals surface area contributed by atoms with Crippen molar-refractivity contribution >= 4 is 0 Å². The van der Waals surface area contributed by atoms with Gasteiger partial charge in [-0.1, -0.05) is 0 Å². The first-order valence-electron chi connectivity index (χ1n) is 4.17. The van der Waals surface area contributed by atoms with Gasteiger partial charge >= 0.3 is 0 Å². The third-order valence-corrected chi connectivity index (χ3v) is 2.44. The number of likely N-dealkylation sites (N-methyl/N-ethyl adjacent to an activating group) is 1. The second-order valence-corrected chi connectivity index (χ2v) is 3.09. The lowest BCUT2D eigenvalue weighted by Gasteiger charge is -2.34. The van der Waals surface area contributed by atoms with E-state index in [0.717, 1.165) is 19.3 Å². The lowest BCUT2D eigenvalue weighted by Crippen LogP contribution is -2.50. The standard InChI is InChI=1S/C8H17NO2/c1-9-8-6(10)4-3-5-7(8)11-2/h6-10H,3-5H2,1-2H3. The summed E-state index contributed by atoms with van der Waals surface area (Å²) in [6.45, 7) is 0. The molecule has 0 spiro atoms. The molecule has 0 radical (unpaired) electrons. The van der Waals surface area contributed by atoms with Gasteiger partial charge < -0.3 is 15.2 Å². The number of methoxy groups -OCH3 is 1. The van der Waals surface area contributed by atoms with Crippen LogP contribution in [0.4, 0.5) is 0 Å². The fourth-order valence-corrected chi connectivity index (χ4v) is 1.78. The SMILES string of the molecule is CNC1C(O)CCCC1OC. The maximum absolute atomic E-state index is 9.53. The van der Waals surface area contributed by atoms with Crippen LogP contribution in [0.1, 0.15) is 19.3 Å². The Morgan fingerprint density at radius 2 is 2.18 bits per heavy atom. The number of ether oxygens (including phenoxy) is 1. The number of hydrogen-bond acceptors (Lipinski definition) is 3. The van der Waals surface area contributed by atoms with E-state index in [2.05, 4.69) is 5.32 Å². The van der Waals surface area contributed by atoms with Gasteiger partial charge in [0.05, 0.1) is 18.2 Å². The zero-order chi connectivity index (χ0) is 8.27. The first kappa shape index (κ1) is 8.97. The number of rotatable bonds is 2. The smallest absolute Gasteiger partial charge is 0.0749 e. The molecule has 1 rings (SSSR count). The molecule has 0 heterocycles. The highest BCUT2D eigenvalue weighted by atomic mass is 16.5. The van der Waals surface area contributed by atoms with Crippen molar-refractivity contribution in [2.45, 2.75) is 37.5 Å². The van der Waals surface area contributed by atoms with E-state index in [4.69, 9.17) is 4.74 Å². The number of aliphatic hydroxyl groups excluding tert-OH is 1. The van der Waals surface area contributed by atoms with Gasteiger partial charge in [-0.3, -0.25) is 0 Å². The van der Waals surface area contributed by atoms with Crippen LogP contribution >= 0.6 is 0 Å². The number of hydrogen-bond donors (Lipinski definition) is 2. The minimum Gasteiger partial charge on any atom is -0.391 e. The van der Waals surface area contributed by atoms with Gasteiger partial charge in [0.25, 0.3) is 0 Å². The van der Waals surface area contributed by atoms with E-state index >= 15 is 0 Å². The van der Waals surface area contributed by atoms with Crippen molar-refractivity contribution in [2.24, 2.45) is 0 Å².